The van der Waals surface area contributed by atoms with Crippen molar-refractivity contribution in [3.8, 4) is 0 Å². The van der Waals surface area contributed by atoms with Crippen LogP contribution in [0.25, 0.3) is 0 Å². The highest BCUT2D eigenvalue weighted by molar-refractivity contribution is 5.96. The number of rotatable bonds is 4. The molecule has 19 heavy (non-hydrogen) atoms. The van der Waals surface area contributed by atoms with Gasteiger partial charge in [0.1, 0.15) is 6.61 Å². The average molecular weight is 270 g/mol. The fraction of sp³-hybridized carbons (Fsp3) is 0.462. The molecule has 0 atom stereocenters. The summed E-state index contributed by atoms with van der Waals surface area (Å²) in [5.41, 5.74) is 2.37. The van der Waals surface area contributed by atoms with E-state index in [4.69, 9.17) is 5.11 Å². The molecule has 0 unspecified atom stereocenters. The molecule has 1 aliphatic heterocycles. The van der Waals surface area contributed by atoms with Crippen LogP contribution < -0.4 is 10.6 Å². The van der Waals surface area contributed by atoms with Crippen LogP contribution in [0.3, 0.4) is 0 Å². The van der Waals surface area contributed by atoms with Crippen LogP contribution >= 0.6 is 0 Å². The van der Waals surface area contributed by atoms with Crippen LogP contribution in [0.4, 0.5) is 8.78 Å². The molecule has 0 bridgehead atoms. The lowest BCUT2D eigenvalue weighted by molar-refractivity contribution is -0.0462. The Morgan fingerprint density at radius 1 is 1.47 bits per heavy atom. The molecule has 1 aromatic rings. The Hall–Kier alpha value is -1.53. The molecule has 1 heterocycles. The van der Waals surface area contributed by atoms with Crippen molar-refractivity contribution in [2.24, 2.45) is 0 Å². The fourth-order valence-electron chi connectivity index (χ4n) is 2.11. The Labute approximate surface area is 109 Å². The second kappa shape index (κ2) is 5.63. The minimum absolute atomic E-state index is 0.438. The average Bonchev–Trinajstić information content (AvgIpc) is 2.44. The third kappa shape index (κ3) is 3.27. The number of carbonyl (C=O) groups excluding carboxylic acids is 1. The maximum absolute atomic E-state index is 12.9. The highest BCUT2D eigenvalue weighted by Gasteiger charge is 2.29. The van der Waals surface area contributed by atoms with E-state index < -0.39 is 25.0 Å². The van der Waals surface area contributed by atoms with Crippen molar-refractivity contribution >= 4 is 5.91 Å². The van der Waals surface area contributed by atoms with E-state index >= 15 is 0 Å². The van der Waals surface area contributed by atoms with Crippen molar-refractivity contribution in [1.29, 1.82) is 0 Å². The van der Waals surface area contributed by atoms with Gasteiger partial charge in [0.05, 0.1) is 6.54 Å². The van der Waals surface area contributed by atoms with Gasteiger partial charge in [0.2, 0.25) is 0 Å². The van der Waals surface area contributed by atoms with E-state index in [1.165, 1.54) is 0 Å². The zero-order valence-electron chi connectivity index (χ0n) is 10.4. The number of hydrogen-bond donors (Lipinski definition) is 3. The summed E-state index contributed by atoms with van der Waals surface area (Å²) in [4.78, 5) is 11.9. The molecule has 0 aliphatic carbocycles. The monoisotopic (exact) mass is 270 g/mol. The van der Waals surface area contributed by atoms with Gasteiger partial charge in [-0.05, 0) is 30.2 Å². The summed E-state index contributed by atoms with van der Waals surface area (Å²) < 4.78 is 25.8. The van der Waals surface area contributed by atoms with Crippen LogP contribution in [-0.4, -0.2) is 36.6 Å². The normalized spacial score (nSPS) is 14.9. The molecule has 4 nitrogen and oxygen atoms in total. The summed E-state index contributed by atoms with van der Waals surface area (Å²) in [6, 6.07) is 5.29. The van der Waals surface area contributed by atoms with Crippen LogP contribution in [0.5, 0.6) is 0 Å². The molecule has 0 aromatic heterocycles. The zero-order valence-corrected chi connectivity index (χ0v) is 10.4. The van der Waals surface area contributed by atoms with Gasteiger partial charge in [-0.1, -0.05) is 12.1 Å². The lowest BCUT2D eigenvalue weighted by Gasteiger charge is -2.20. The van der Waals surface area contributed by atoms with Gasteiger partial charge in [-0.15, -0.1) is 0 Å². The summed E-state index contributed by atoms with van der Waals surface area (Å²) in [5, 5.41) is 13.8. The predicted molar refractivity (Wildman–Crippen MR) is 66.2 cm³/mol. The number of aliphatic hydroxyl groups excluding tert-OH is 1. The third-order valence-electron chi connectivity index (χ3n) is 3.12. The van der Waals surface area contributed by atoms with Gasteiger partial charge in [0.25, 0.3) is 11.8 Å². The quantitative estimate of drug-likeness (QED) is 0.754. The van der Waals surface area contributed by atoms with E-state index in [2.05, 4.69) is 10.6 Å². The van der Waals surface area contributed by atoms with Gasteiger partial charge in [0.15, 0.2) is 0 Å². The Morgan fingerprint density at radius 3 is 3.00 bits per heavy atom. The zero-order chi connectivity index (χ0) is 13.9. The molecule has 104 valence electrons. The summed E-state index contributed by atoms with van der Waals surface area (Å²) >= 11 is 0. The van der Waals surface area contributed by atoms with Gasteiger partial charge in [0, 0.05) is 12.1 Å². The predicted octanol–water partition coefficient (Wildman–Crippen LogP) is 0.690. The largest absolute Gasteiger partial charge is 0.390 e. The number of nitrogens with one attached hydrogen (secondary N) is 2. The van der Waals surface area contributed by atoms with Crippen molar-refractivity contribution in [1.82, 2.24) is 10.6 Å². The number of aliphatic hydroxyl groups is 1. The third-order valence-corrected chi connectivity index (χ3v) is 3.12. The van der Waals surface area contributed by atoms with Crippen molar-refractivity contribution < 1.29 is 18.7 Å². The number of amides is 1. The second-order valence-corrected chi connectivity index (χ2v) is 4.57. The summed E-state index contributed by atoms with van der Waals surface area (Å²) in [6.45, 7) is -0.679. The van der Waals surface area contributed by atoms with Gasteiger partial charge in [-0.3, -0.25) is 4.79 Å². The molecule has 3 N–H and O–H groups in total. The molecular formula is C13H16F2N2O2. The molecule has 1 aliphatic rings. The van der Waals surface area contributed by atoms with E-state index in [0.717, 1.165) is 17.7 Å². The number of alkyl halides is 2. The van der Waals surface area contributed by atoms with E-state index in [0.29, 0.717) is 18.5 Å². The molecule has 0 radical (unpaired) electrons. The van der Waals surface area contributed by atoms with E-state index in [9.17, 15) is 13.6 Å². The first-order chi connectivity index (χ1) is 9.03. The number of carbonyl (C=O) groups is 1. The minimum atomic E-state index is -3.29. The summed E-state index contributed by atoms with van der Waals surface area (Å²) in [5.74, 6) is -3.81. The lowest BCUT2D eigenvalue weighted by Crippen LogP contribution is -2.39. The van der Waals surface area contributed by atoms with E-state index in [1.54, 1.807) is 12.1 Å². The molecule has 6 heteroatoms. The Bertz CT molecular complexity index is 478. The Kier molecular flexibility index (Phi) is 4.11. The SMILES string of the molecule is O=C(NCC(F)(F)CO)c1cccc2c1CCNC2. The number of fused-ring (bicyclic) bond motifs is 1. The fourth-order valence-corrected chi connectivity index (χ4v) is 2.11. The van der Waals surface area contributed by atoms with Crippen LogP contribution in [0.15, 0.2) is 18.2 Å². The van der Waals surface area contributed by atoms with Crippen LogP contribution in [0.1, 0.15) is 21.5 Å². The highest BCUT2D eigenvalue weighted by Crippen LogP contribution is 2.19. The lowest BCUT2D eigenvalue weighted by atomic mass is 9.95. The minimum Gasteiger partial charge on any atom is -0.390 e. The van der Waals surface area contributed by atoms with Crippen LogP contribution in [-0.2, 0) is 13.0 Å². The van der Waals surface area contributed by atoms with E-state index in [-0.39, 0.29) is 0 Å². The maximum atomic E-state index is 12.9. The highest BCUT2D eigenvalue weighted by atomic mass is 19.3. The molecule has 0 saturated heterocycles. The smallest absolute Gasteiger partial charge is 0.287 e. The van der Waals surface area contributed by atoms with Gasteiger partial charge >= 0.3 is 0 Å². The van der Waals surface area contributed by atoms with Crippen molar-refractivity contribution in [2.75, 3.05) is 19.7 Å². The Balaban J connectivity index is 2.11. The first-order valence-electron chi connectivity index (χ1n) is 6.12. The molecule has 0 saturated carbocycles. The number of benzene rings is 1. The molecule has 0 fully saturated rings. The second-order valence-electron chi connectivity index (χ2n) is 4.57. The Morgan fingerprint density at radius 2 is 2.26 bits per heavy atom. The molecule has 1 amide bonds. The van der Waals surface area contributed by atoms with Crippen LogP contribution in [0, 0.1) is 0 Å². The molecule has 0 spiro atoms. The van der Waals surface area contributed by atoms with Crippen molar-refractivity contribution in [3.05, 3.63) is 34.9 Å². The maximum Gasteiger partial charge on any atom is 0.287 e. The van der Waals surface area contributed by atoms with Crippen LogP contribution in [0.2, 0.25) is 0 Å². The topological polar surface area (TPSA) is 61.4 Å². The molecular weight excluding hydrogens is 254 g/mol. The standard InChI is InChI=1S/C13H16F2N2O2/c14-13(15,8-18)7-17-12(19)11-3-1-2-9-6-16-5-4-10(9)11/h1-3,16,18H,4-8H2,(H,17,19). The van der Waals surface area contributed by atoms with Crippen molar-refractivity contribution in [3.63, 3.8) is 0 Å². The van der Waals surface area contributed by atoms with Gasteiger partial charge in [-0.2, -0.15) is 0 Å². The first-order valence-corrected chi connectivity index (χ1v) is 6.12. The van der Waals surface area contributed by atoms with Gasteiger partial charge in [-0.25, -0.2) is 8.78 Å². The summed E-state index contributed by atoms with van der Waals surface area (Å²) in [6.07, 6.45) is 0.704. The summed E-state index contributed by atoms with van der Waals surface area (Å²) in [7, 11) is 0. The molecule has 2 rings (SSSR count). The van der Waals surface area contributed by atoms with Gasteiger partial charge < -0.3 is 15.7 Å². The van der Waals surface area contributed by atoms with Crippen molar-refractivity contribution in [2.45, 2.75) is 18.9 Å². The molecule has 1 aromatic carbocycles. The first kappa shape index (κ1) is 13.9. The van der Waals surface area contributed by atoms with E-state index in [1.807, 2.05) is 6.07 Å². The number of hydrogen-bond acceptors (Lipinski definition) is 3. The number of halogens is 2.